The molecule has 0 N–H and O–H groups in total. The fraction of sp³-hybridized carbons (Fsp3) is 0.750. The van der Waals surface area contributed by atoms with E-state index in [0.717, 1.165) is 19.4 Å². The molecule has 1 rings (SSSR count). The van der Waals surface area contributed by atoms with Crippen molar-refractivity contribution in [2.24, 2.45) is 0 Å². The van der Waals surface area contributed by atoms with Gasteiger partial charge in [-0.05, 0) is 19.3 Å². The minimum absolute atomic E-state index is 0.287. The normalized spacial score (nSPS) is 25.4. The Morgan fingerprint density at radius 2 is 2.50 bits per heavy atom. The van der Waals surface area contributed by atoms with Gasteiger partial charge in [0.2, 0.25) is 0 Å². The van der Waals surface area contributed by atoms with Gasteiger partial charge in [0.25, 0.3) is 0 Å². The highest BCUT2D eigenvalue weighted by Crippen LogP contribution is 2.14. The summed E-state index contributed by atoms with van der Waals surface area (Å²) < 4.78 is 5.37. The molecule has 10 heavy (non-hydrogen) atoms. The van der Waals surface area contributed by atoms with E-state index in [4.69, 9.17) is 4.74 Å². The van der Waals surface area contributed by atoms with Crippen molar-refractivity contribution in [3.8, 4) is 0 Å². The Balaban J connectivity index is 2.19. The average Bonchev–Trinajstić information content (AvgIpc) is 2.03. The SMILES string of the molecule is O=C=CCC1CCCCO1. The van der Waals surface area contributed by atoms with Crippen LogP contribution >= 0.6 is 0 Å². The molecule has 1 atom stereocenters. The van der Waals surface area contributed by atoms with E-state index in [9.17, 15) is 4.79 Å². The Morgan fingerprint density at radius 1 is 1.60 bits per heavy atom. The molecule has 0 aromatic rings. The molecule has 1 saturated heterocycles. The predicted octanol–water partition coefficient (Wildman–Crippen LogP) is 1.33. The van der Waals surface area contributed by atoms with Gasteiger partial charge in [0.1, 0.15) is 5.94 Å². The predicted molar refractivity (Wildman–Crippen MR) is 38.5 cm³/mol. The van der Waals surface area contributed by atoms with Crippen LogP contribution in [0.3, 0.4) is 0 Å². The summed E-state index contributed by atoms with van der Waals surface area (Å²) in [6, 6.07) is 0. The van der Waals surface area contributed by atoms with Crippen LogP contribution in [0.2, 0.25) is 0 Å². The lowest BCUT2D eigenvalue weighted by atomic mass is 10.1. The monoisotopic (exact) mass is 140 g/mol. The minimum atomic E-state index is 0.287. The molecule has 1 unspecified atom stereocenters. The lowest BCUT2D eigenvalue weighted by Crippen LogP contribution is -2.17. The van der Waals surface area contributed by atoms with Crippen LogP contribution in [0.1, 0.15) is 25.7 Å². The molecule has 0 aliphatic carbocycles. The summed E-state index contributed by atoms with van der Waals surface area (Å²) in [6.45, 7) is 0.858. The smallest absolute Gasteiger partial charge is 0.120 e. The first-order valence-corrected chi connectivity index (χ1v) is 3.74. The molecule has 0 saturated carbocycles. The number of rotatable bonds is 2. The standard InChI is InChI=1S/C8H12O2/c9-6-3-5-8-4-1-2-7-10-8/h3,8H,1-2,4-5,7H2. The second kappa shape index (κ2) is 4.26. The van der Waals surface area contributed by atoms with Gasteiger partial charge in [-0.25, -0.2) is 4.79 Å². The van der Waals surface area contributed by atoms with Crippen LogP contribution in [0.25, 0.3) is 0 Å². The van der Waals surface area contributed by atoms with Crippen molar-refractivity contribution >= 4 is 5.94 Å². The topological polar surface area (TPSA) is 26.3 Å². The van der Waals surface area contributed by atoms with Crippen LogP contribution in [0.15, 0.2) is 6.08 Å². The third-order valence-corrected chi connectivity index (χ3v) is 1.74. The third-order valence-electron chi connectivity index (χ3n) is 1.74. The molecular weight excluding hydrogens is 128 g/mol. The van der Waals surface area contributed by atoms with E-state index < -0.39 is 0 Å². The van der Waals surface area contributed by atoms with Crippen LogP contribution in [0.4, 0.5) is 0 Å². The third kappa shape index (κ3) is 2.34. The molecule has 0 spiro atoms. The van der Waals surface area contributed by atoms with Crippen LogP contribution < -0.4 is 0 Å². The first-order chi connectivity index (χ1) is 4.93. The molecule has 0 bridgehead atoms. The fourth-order valence-corrected chi connectivity index (χ4v) is 1.17. The van der Waals surface area contributed by atoms with E-state index in [2.05, 4.69) is 0 Å². The highest BCUT2D eigenvalue weighted by molar-refractivity contribution is 5.44. The van der Waals surface area contributed by atoms with Crippen LogP contribution in [-0.4, -0.2) is 18.7 Å². The van der Waals surface area contributed by atoms with Crippen molar-refractivity contribution < 1.29 is 9.53 Å². The van der Waals surface area contributed by atoms with E-state index in [1.54, 1.807) is 5.94 Å². The van der Waals surface area contributed by atoms with Crippen molar-refractivity contribution in [2.45, 2.75) is 31.8 Å². The molecule has 2 nitrogen and oxygen atoms in total. The maximum atomic E-state index is 9.81. The van der Waals surface area contributed by atoms with Gasteiger partial charge in [-0.15, -0.1) is 0 Å². The van der Waals surface area contributed by atoms with E-state index in [1.807, 2.05) is 0 Å². The summed E-state index contributed by atoms with van der Waals surface area (Å²) in [5.41, 5.74) is 0. The summed E-state index contributed by atoms with van der Waals surface area (Å²) in [5, 5.41) is 0. The molecule has 0 aromatic carbocycles. The first-order valence-electron chi connectivity index (χ1n) is 3.74. The van der Waals surface area contributed by atoms with Crippen LogP contribution in [-0.2, 0) is 9.53 Å². The lowest BCUT2D eigenvalue weighted by molar-refractivity contribution is 0.0185. The summed E-state index contributed by atoms with van der Waals surface area (Å²) >= 11 is 0. The highest BCUT2D eigenvalue weighted by Gasteiger charge is 2.11. The summed E-state index contributed by atoms with van der Waals surface area (Å²) in [7, 11) is 0. The minimum Gasteiger partial charge on any atom is -0.378 e. The van der Waals surface area contributed by atoms with Gasteiger partial charge in [0, 0.05) is 19.1 Å². The summed E-state index contributed by atoms with van der Waals surface area (Å²) in [6.07, 6.45) is 6.03. The fourth-order valence-electron chi connectivity index (χ4n) is 1.17. The van der Waals surface area contributed by atoms with Crippen molar-refractivity contribution in [1.82, 2.24) is 0 Å². The molecule has 1 aliphatic rings. The number of hydrogen-bond acceptors (Lipinski definition) is 2. The van der Waals surface area contributed by atoms with E-state index in [0.29, 0.717) is 0 Å². The van der Waals surface area contributed by atoms with Gasteiger partial charge in [0.05, 0.1) is 6.10 Å². The zero-order valence-electron chi connectivity index (χ0n) is 6.01. The summed E-state index contributed by atoms with van der Waals surface area (Å²) in [5.74, 6) is 1.76. The Morgan fingerprint density at radius 3 is 3.10 bits per heavy atom. The highest BCUT2D eigenvalue weighted by atomic mass is 16.5. The van der Waals surface area contributed by atoms with Gasteiger partial charge >= 0.3 is 0 Å². The molecule has 2 heteroatoms. The van der Waals surface area contributed by atoms with Crippen molar-refractivity contribution in [1.29, 1.82) is 0 Å². The lowest BCUT2D eigenvalue weighted by Gasteiger charge is -2.20. The molecule has 0 amide bonds. The van der Waals surface area contributed by atoms with Gasteiger partial charge < -0.3 is 4.74 Å². The zero-order valence-corrected chi connectivity index (χ0v) is 6.01. The van der Waals surface area contributed by atoms with Crippen molar-refractivity contribution in [2.75, 3.05) is 6.61 Å². The maximum Gasteiger partial charge on any atom is 0.120 e. The Bertz CT molecular complexity index is 130. The number of carbonyl (C=O) groups excluding carboxylic acids is 1. The Labute approximate surface area is 60.9 Å². The van der Waals surface area contributed by atoms with Gasteiger partial charge in [-0.2, -0.15) is 0 Å². The zero-order chi connectivity index (χ0) is 7.23. The van der Waals surface area contributed by atoms with Crippen LogP contribution in [0.5, 0.6) is 0 Å². The molecule has 56 valence electrons. The van der Waals surface area contributed by atoms with Gasteiger partial charge in [0.15, 0.2) is 0 Å². The quantitative estimate of drug-likeness (QED) is 0.541. The molecule has 1 fully saturated rings. The van der Waals surface area contributed by atoms with Crippen molar-refractivity contribution in [3.05, 3.63) is 6.08 Å². The van der Waals surface area contributed by atoms with Gasteiger partial charge in [-0.1, -0.05) is 0 Å². The van der Waals surface area contributed by atoms with Gasteiger partial charge in [-0.3, -0.25) is 0 Å². The molecular formula is C8H12O2. The molecule has 1 aliphatic heterocycles. The van der Waals surface area contributed by atoms with E-state index in [-0.39, 0.29) is 6.10 Å². The van der Waals surface area contributed by atoms with E-state index in [1.165, 1.54) is 18.9 Å². The second-order valence-electron chi connectivity index (χ2n) is 2.55. The largest absolute Gasteiger partial charge is 0.378 e. The average molecular weight is 140 g/mol. The second-order valence-corrected chi connectivity index (χ2v) is 2.55. The maximum absolute atomic E-state index is 9.81. The van der Waals surface area contributed by atoms with Crippen molar-refractivity contribution in [3.63, 3.8) is 0 Å². The number of hydrogen-bond donors (Lipinski definition) is 0. The first kappa shape index (κ1) is 7.52. The molecule has 1 heterocycles. The van der Waals surface area contributed by atoms with E-state index >= 15 is 0 Å². The Hall–Kier alpha value is -0.590. The summed E-state index contributed by atoms with van der Waals surface area (Å²) in [4.78, 5) is 9.81. The molecule has 0 radical (unpaired) electrons. The van der Waals surface area contributed by atoms with Crippen LogP contribution in [0, 0.1) is 0 Å². The number of ether oxygens (including phenoxy) is 1. The Kier molecular flexibility index (Phi) is 3.20. The molecule has 0 aromatic heterocycles.